The van der Waals surface area contributed by atoms with E-state index in [1.807, 2.05) is 62.4 Å². The minimum atomic E-state index is -1.19. The van der Waals surface area contributed by atoms with Gasteiger partial charge in [0.1, 0.15) is 12.4 Å². The van der Waals surface area contributed by atoms with Gasteiger partial charge in [-0.1, -0.05) is 74.0 Å². The van der Waals surface area contributed by atoms with Crippen LogP contribution in [0.5, 0.6) is 5.75 Å². The first kappa shape index (κ1) is 27.4. The van der Waals surface area contributed by atoms with Crippen molar-refractivity contribution in [1.29, 1.82) is 0 Å². The number of aliphatic imine (C=N–C) groups is 1. The summed E-state index contributed by atoms with van der Waals surface area (Å²) in [6.45, 7) is 3.89. The van der Waals surface area contributed by atoms with E-state index < -0.39 is 30.0 Å². The van der Waals surface area contributed by atoms with Crippen molar-refractivity contribution in [3.8, 4) is 5.75 Å². The molecule has 7 nitrogen and oxygen atoms in total. The zero-order valence-corrected chi connectivity index (χ0v) is 22.4. The lowest BCUT2D eigenvalue weighted by Gasteiger charge is -2.26. The smallest absolute Gasteiger partial charge is 0.272 e. The first-order valence-corrected chi connectivity index (χ1v) is 13.0. The normalized spacial score (nSPS) is 16.8. The molecule has 2 amide bonds. The van der Waals surface area contributed by atoms with E-state index in [0.717, 1.165) is 5.56 Å². The number of likely N-dealkylation sites (N-methyl/N-ethyl adjacent to an activating group) is 1. The SMILES string of the molecule is CC(C)C[C@@H](C(=O)NC1N=C(c2ccccc2)c2cc(Cl)ccc2N(C)C1=O)[C@H](O)COc1ccccc1. The summed E-state index contributed by atoms with van der Waals surface area (Å²) in [5.41, 5.74) is 2.65. The molecule has 1 aliphatic rings. The number of nitrogens with one attached hydrogen (secondary N) is 1. The molecule has 198 valence electrons. The van der Waals surface area contributed by atoms with Gasteiger partial charge in [0.25, 0.3) is 5.91 Å². The summed E-state index contributed by atoms with van der Waals surface area (Å²) in [7, 11) is 1.64. The zero-order chi connectivity index (χ0) is 27.2. The zero-order valence-electron chi connectivity index (χ0n) is 21.7. The lowest BCUT2D eigenvalue weighted by molar-refractivity contribution is -0.133. The van der Waals surface area contributed by atoms with Gasteiger partial charge in [-0.3, -0.25) is 9.59 Å². The highest BCUT2D eigenvalue weighted by molar-refractivity contribution is 6.32. The second kappa shape index (κ2) is 12.2. The van der Waals surface area contributed by atoms with E-state index in [9.17, 15) is 14.7 Å². The number of amides is 2. The lowest BCUT2D eigenvalue weighted by atomic mass is 9.91. The second-order valence-electron chi connectivity index (χ2n) is 9.74. The van der Waals surface area contributed by atoms with Crippen LogP contribution in [0.25, 0.3) is 0 Å². The van der Waals surface area contributed by atoms with Crippen LogP contribution in [0.1, 0.15) is 31.4 Å². The van der Waals surface area contributed by atoms with Gasteiger partial charge in [-0.05, 0) is 42.7 Å². The van der Waals surface area contributed by atoms with Crippen molar-refractivity contribution in [2.24, 2.45) is 16.8 Å². The summed E-state index contributed by atoms with van der Waals surface area (Å²) < 4.78 is 5.71. The molecule has 4 rings (SSSR count). The summed E-state index contributed by atoms with van der Waals surface area (Å²) in [5.74, 6) is -0.933. The van der Waals surface area contributed by atoms with Crippen LogP contribution < -0.4 is 15.0 Å². The van der Waals surface area contributed by atoms with E-state index in [-0.39, 0.29) is 12.5 Å². The van der Waals surface area contributed by atoms with Crippen molar-refractivity contribution < 1.29 is 19.4 Å². The fraction of sp³-hybridized carbons (Fsp3) is 0.300. The van der Waals surface area contributed by atoms with E-state index in [1.54, 1.807) is 37.4 Å². The van der Waals surface area contributed by atoms with E-state index in [2.05, 4.69) is 5.32 Å². The minimum absolute atomic E-state index is 0.0597. The van der Waals surface area contributed by atoms with Gasteiger partial charge in [-0.15, -0.1) is 0 Å². The number of anilines is 1. The molecule has 0 spiro atoms. The Hall–Kier alpha value is -3.68. The molecule has 0 radical (unpaired) electrons. The van der Waals surface area contributed by atoms with Gasteiger partial charge in [0.15, 0.2) is 0 Å². The number of aliphatic hydroxyl groups is 1. The maximum atomic E-state index is 13.5. The third-order valence-electron chi connectivity index (χ3n) is 6.41. The average molecular weight is 534 g/mol. The van der Waals surface area contributed by atoms with Crippen LogP contribution >= 0.6 is 11.6 Å². The Morgan fingerprint density at radius 1 is 1.08 bits per heavy atom. The number of fused-ring (bicyclic) bond motifs is 1. The van der Waals surface area contributed by atoms with Crippen molar-refractivity contribution in [3.63, 3.8) is 0 Å². The summed E-state index contributed by atoms with van der Waals surface area (Å²) in [6, 6.07) is 23.8. The highest BCUT2D eigenvalue weighted by atomic mass is 35.5. The number of benzodiazepines with no additional fused rings is 1. The molecule has 0 saturated carbocycles. The van der Waals surface area contributed by atoms with Gasteiger partial charge < -0.3 is 20.1 Å². The fourth-order valence-electron chi connectivity index (χ4n) is 4.47. The van der Waals surface area contributed by atoms with Crippen LogP contribution in [0, 0.1) is 11.8 Å². The third kappa shape index (κ3) is 6.41. The molecule has 0 aromatic heterocycles. The van der Waals surface area contributed by atoms with Crippen molar-refractivity contribution >= 4 is 34.8 Å². The Balaban J connectivity index is 1.63. The maximum Gasteiger partial charge on any atom is 0.272 e. The molecule has 2 N–H and O–H groups in total. The van der Waals surface area contributed by atoms with Crippen molar-refractivity contribution in [2.75, 3.05) is 18.6 Å². The monoisotopic (exact) mass is 533 g/mol. The quantitative estimate of drug-likeness (QED) is 0.417. The summed E-state index contributed by atoms with van der Waals surface area (Å²) in [5, 5.41) is 14.3. The van der Waals surface area contributed by atoms with E-state index in [0.29, 0.717) is 34.2 Å². The summed E-state index contributed by atoms with van der Waals surface area (Å²) >= 11 is 6.32. The van der Waals surface area contributed by atoms with E-state index in [1.165, 1.54) is 4.90 Å². The molecule has 3 atom stereocenters. The average Bonchev–Trinajstić information content (AvgIpc) is 3.01. The van der Waals surface area contributed by atoms with Gasteiger partial charge in [0.2, 0.25) is 12.1 Å². The van der Waals surface area contributed by atoms with Crippen molar-refractivity contribution in [3.05, 3.63) is 95.0 Å². The first-order valence-electron chi connectivity index (χ1n) is 12.6. The Kier molecular flexibility index (Phi) is 8.81. The largest absolute Gasteiger partial charge is 0.491 e. The molecule has 0 saturated heterocycles. The Labute approximate surface area is 228 Å². The molecular weight excluding hydrogens is 502 g/mol. The molecule has 0 fully saturated rings. The molecule has 8 heteroatoms. The standard InChI is InChI=1S/C30H32ClN3O4/c1-19(2)16-24(26(35)18-38-22-12-8-5-9-13-22)29(36)33-28-30(37)34(3)25-15-14-21(31)17-23(25)27(32-28)20-10-6-4-7-11-20/h4-15,17,19,24,26,28,35H,16,18H2,1-3H3,(H,33,36)/t24-,26-,28?/m1/s1. The molecule has 38 heavy (non-hydrogen) atoms. The van der Waals surface area contributed by atoms with E-state index >= 15 is 0 Å². The molecule has 1 unspecified atom stereocenters. The summed E-state index contributed by atoms with van der Waals surface area (Å²) in [6.07, 6.45) is -1.86. The number of hydrogen-bond acceptors (Lipinski definition) is 5. The highest BCUT2D eigenvalue weighted by Crippen LogP contribution is 2.30. The highest BCUT2D eigenvalue weighted by Gasteiger charge is 2.35. The fourth-order valence-corrected chi connectivity index (χ4v) is 4.64. The number of rotatable bonds is 9. The molecule has 0 aliphatic carbocycles. The predicted octanol–water partition coefficient (Wildman–Crippen LogP) is 4.70. The number of ether oxygens (including phenoxy) is 1. The number of benzene rings is 3. The van der Waals surface area contributed by atoms with Gasteiger partial charge in [0, 0.05) is 23.2 Å². The molecule has 1 aliphatic heterocycles. The predicted molar refractivity (Wildman–Crippen MR) is 150 cm³/mol. The number of nitrogens with zero attached hydrogens (tertiary/aromatic N) is 2. The number of hydrogen-bond donors (Lipinski definition) is 2. The number of carbonyl (C=O) groups excluding carboxylic acids is 2. The van der Waals surface area contributed by atoms with Crippen LogP contribution in [-0.2, 0) is 9.59 Å². The van der Waals surface area contributed by atoms with Gasteiger partial charge in [0.05, 0.1) is 23.4 Å². The number of halogens is 1. The number of aliphatic hydroxyl groups excluding tert-OH is 1. The lowest BCUT2D eigenvalue weighted by Crippen LogP contribution is -2.50. The van der Waals surface area contributed by atoms with E-state index in [4.69, 9.17) is 21.3 Å². The van der Waals surface area contributed by atoms with Crippen LogP contribution in [0.2, 0.25) is 5.02 Å². The third-order valence-corrected chi connectivity index (χ3v) is 6.65. The van der Waals surface area contributed by atoms with Crippen LogP contribution in [-0.4, -0.2) is 48.6 Å². The minimum Gasteiger partial charge on any atom is -0.491 e. The van der Waals surface area contributed by atoms with Crippen LogP contribution in [0.15, 0.2) is 83.9 Å². The Morgan fingerprint density at radius 2 is 1.74 bits per heavy atom. The number of para-hydroxylation sites is 1. The van der Waals surface area contributed by atoms with Gasteiger partial charge >= 0.3 is 0 Å². The van der Waals surface area contributed by atoms with Crippen LogP contribution in [0.4, 0.5) is 5.69 Å². The second-order valence-corrected chi connectivity index (χ2v) is 10.2. The first-order chi connectivity index (χ1) is 18.2. The maximum absolute atomic E-state index is 13.5. The van der Waals surface area contributed by atoms with Crippen LogP contribution in [0.3, 0.4) is 0 Å². The Morgan fingerprint density at radius 3 is 2.39 bits per heavy atom. The number of carbonyl (C=O) groups is 2. The van der Waals surface area contributed by atoms with Gasteiger partial charge in [-0.2, -0.15) is 0 Å². The molecular formula is C30H32ClN3O4. The van der Waals surface area contributed by atoms with Crippen molar-refractivity contribution in [1.82, 2.24) is 5.32 Å². The van der Waals surface area contributed by atoms with Crippen molar-refractivity contribution in [2.45, 2.75) is 32.5 Å². The molecule has 3 aromatic rings. The topological polar surface area (TPSA) is 91.2 Å². The molecule has 3 aromatic carbocycles. The van der Waals surface area contributed by atoms with Gasteiger partial charge in [-0.25, -0.2) is 4.99 Å². The molecule has 1 heterocycles. The Bertz CT molecular complexity index is 1300. The molecule has 0 bridgehead atoms. The summed E-state index contributed by atoms with van der Waals surface area (Å²) in [4.78, 5) is 33.3.